The molecular formula is C17H16O3. The van der Waals surface area contributed by atoms with Crippen molar-refractivity contribution < 1.29 is 14.7 Å². The molecule has 0 aliphatic heterocycles. The summed E-state index contributed by atoms with van der Waals surface area (Å²) in [6.07, 6.45) is 6.84. The molecule has 0 unspecified atom stereocenters. The van der Waals surface area contributed by atoms with Crippen LogP contribution < -0.4 is 0 Å². The SMILES string of the molecule is O=C1C(=O)c2ccccc2C(O)=C1CC=C1CCCC1. The zero-order valence-corrected chi connectivity index (χ0v) is 11.2. The lowest BCUT2D eigenvalue weighted by Gasteiger charge is -2.16. The molecule has 1 fully saturated rings. The van der Waals surface area contributed by atoms with Crippen LogP contribution >= 0.6 is 0 Å². The van der Waals surface area contributed by atoms with Crippen molar-refractivity contribution in [3.63, 3.8) is 0 Å². The summed E-state index contributed by atoms with van der Waals surface area (Å²) >= 11 is 0. The number of hydrogen-bond acceptors (Lipinski definition) is 3. The molecule has 0 aromatic heterocycles. The van der Waals surface area contributed by atoms with E-state index in [2.05, 4.69) is 0 Å². The van der Waals surface area contributed by atoms with Gasteiger partial charge in [0.15, 0.2) is 0 Å². The molecule has 1 N–H and O–H groups in total. The fourth-order valence-corrected chi connectivity index (χ4v) is 2.89. The minimum atomic E-state index is -0.573. The maximum Gasteiger partial charge on any atom is 0.234 e. The van der Waals surface area contributed by atoms with Gasteiger partial charge in [-0.2, -0.15) is 0 Å². The van der Waals surface area contributed by atoms with E-state index in [1.165, 1.54) is 18.4 Å². The van der Waals surface area contributed by atoms with Crippen molar-refractivity contribution in [1.82, 2.24) is 0 Å². The molecule has 0 heterocycles. The van der Waals surface area contributed by atoms with E-state index in [-0.39, 0.29) is 11.3 Å². The number of hydrogen-bond donors (Lipinski definition) is 1. The van der Waals surface area contributed by atoms with E-state index in [4.69, 9.17) is 0 Å². The Labute approximate surface area is 117 Å². The van der Waals surface area contributed by atoms with Gasteiger partial charge in [-0.1, -0.05) is 35.9 Å². The molecule has 1 aromatic rings. The maximum atomic E-state index is 12.1. The van der Waals surface area contributed by atoms with Gasteiger partial charge in [0.05, 0.1) is 0 Å². The van der Waals surface area contributed by atoms with Crippen molar-refractivity contribution in [3.05, 3.63) is 52.6 Å². The number of carbonyl (C=O) groups is 2. The van der Waals surface area contributed by atoms with Crippen LogP contribution in [0.5, 0.6) is 0 Å². The molecule has 1 aromatic carbocycles. The molecule has 0 amide bonds. The zero-order valence-electron chi connectivity index (χ0n) is 11.2. The second-order valence-corrected chi connectivity index (χ2v) is 5.30. The van der Waals surface area contributed by atoms with E-state index in [0.717, 1.165) is 12.8 Å². The van der Waals surface area contributed by atoms with Crippen LogP contribution in [0, 0.1) is 0 Å². The minimum absolute atomic E-state index is 0.0416. The summed E-state index contributed by atoms with van der Waals surface area (Å²) < 4.78 is 0. The molecule has 3 rings (SSSR count). The van der Waals surface area contributed by atoms with Crippen molar-refractivity contribution >= 4 is 17.3 Å². The van der Waals surface area contributed by atoms with Crippen molar-refractivity contribution in [3.8, 4) is 0 Å². The summed E-state index contributed by atoms with van der Waals surface area (Å²) in [5, 5.41) is 10.3. The molecular weight excluding hydrogens is 252 g/mol. The van der Waals surface area contributed by atoms with Gasteiger partial charge in [0.25, 0.3) is 0 Å². The zero-order chi connectivity index (χ0) is 14.1. The molecule has 0 spiro atoms. The third-order valence-corrected chi connectivity index (χ3v) is 4.03. The Bertz CT molecular complexity index is 642. The first kappa shape index (κ1) is 12.9. The quantitative estimate of drug-likeness (QED) is 0.658. The fraction of sp³-hybridized carbons (Fsp3) is 0.294. The van der Waals surface area contributed by atoms with E-state index in [9.17, 15) is 14.7 Å². The van der Waals surface area contributed by atoms with Crippen LogP contribution in [0.3, 0.4) is 0 Å². The molecule has 0 bridgehead atoms. The number of benzene rings is 1. The highest BCUT2D eigenvalue weighted by molar-refractivity contribution is 6.52. The summed E-state index contributed by atoms with van der Waals surface area (Å²) in [4.78, 5) is 24.2. The van der Waals surface area contributed by atoms with Crippen molar-refractivity contribution in [2.24, 2.45) is 0 Å². The molecule has 0 saturated heterocycles. The summed E-state index contributed by atoms with van der Waals surface area (Å²) in [5.74, 6) is -1.13. The maximum absolute atomic E-state index is 12.1. The number of rotatable bonds is 2. The van der Waals surface area contributed by atoms with E-state index >= 15 is 0 Å². The summed E-state index contributed by atoms with van der Waals surface area (Å²) in [6, 6.07) is 6.71. The number of aliphatic hydroxyl groups excluding tert-OH is 1. The first-order valence-electron chi connectivity index (χ1n) is 6.97. The van der Waals surface area contributed by atoms with Crippen LogP contribution in [0.25, 0.3) is 5.76 Å². The number of allylic oxidation sites excluding steroid dienone is 3. The van der Waals surface area contributed by atoms with Gasteiger partial charge in [-0.15, -0.1) is 0 Å². The minimum Gasteiger partial charge on any atom is -0.507 e. The smallest absolute Gasteiger partial charge is 0.234 e. The highest BCUT2D eigenvalue weighted by atomic mass is 16.3. The van der Waals surface area contributed by atoms with E-state index in [0.29, 0.717) is 17.5 Å². The number of aliphatic hydroxyl groups is 1. The molecule has 3 heteroatoms. The van der Waals surface area contributed by atoms with Gasteiger partial charge in [0.2, 0.25) is 11.6 Å². The average molecular weight is 268 g/mol. The summed E-state index contributed by atoms with van der Waals surface area (Å²) in [5.41, 5.74) is 2.32. The predicted molar refractivity (Wildman–Crippen MR) is 76.5 cm³/mol. The van der Waals surface area contributed by atoms with Gasteiger partial charge in [-0.05, 0) is 32.1 Å². The van der Waals surface area contributed by atoms with Gasteiger partial charge in [0.1, 0.15) is 5.76 Å². The van der Waals surface area contributed by atoms with Crippen LogP contribution in [0.1, 0.15) is 48.0 Å². The Hall–Kier alpha value is -2.16. The topological polar surface area (TPSA) is 54.4 Å². The van der Waals surface area contributed by atoms with Crippen LogP contribution in [-0.4, -0.2) is 16.7 Å². The molecule has 20 heavy (non-hydrogen) atoms. The lowest BCUT2D eigenvalue weighted by atomic mass is 9.87. The van der Waals surface area contributed by atoms with Crippen molar-refractivity contribution in [2.75, 3.05) is 0 Å². The largest absolute Gasteiger partial charge is 0.507 e. The van der Waals surface area contributed by atoms with Gasteiger partial charge in [0, 0.05) is 16.7 Å². The second kappa shape index (κ2) is 5.08. The Morgan fingerprint density at radius 1 is 1.00 bits per heavy atom. The van der Waals surface area contributed by atoms with Crippen LogP contribution in [0.2, 0.25) is 0 Å². The molecule has 102 valence electrons. The number of fused-ring (bicyclic) bond motifs is 1. The highest BCUT2D eigenvalue weighted by Crippen LogP contribution is 2.31. The lowest BCUT2D eigenvalue weighted by molar-refractivity contribution is -0.112. The van der Waals surface area contributed by atoms with Crippen molar-refractivity contribution in [2.45, 2.75) is 32.1 Å². The monoisotopic (exact) mass is 268 g/mol. The molecule has 0 radical (unpaired) electrons. The second-order valence-electron chi connectivity index (χ2n) is 5.30. The number of ketones is 2. The third-order valence-electron chi connectivity index (χ3n) is 4.03. The average Bonchev–Trinajstić information content (AvgIpc) is 2.98. The number of Topliss-reactive ketones (excluding diaryl/α,β-unsaturated/α-hetero) is 2. The van der Waals surface area contributed by atoms with E-state index in [1.54, 1.807) is 24.3 Å². The first-order valence-corrected chi connectivity index (χ1v) is 6.97. The van der Waals surface area contributed by atoms with Gasteiger partial charge >= 0.3 is 0 Å². The van der Waals surface area contributed by atoms with Crippen molar-refractivity contribution in [1.29, 1.82) is 0 Å². The van der Waals surface area contributed by atoms with Gasteiger partial charge < -0.3 is 5.11 Å². The van der Waals surface area contributed by atoms with E-state index < -0.39 is 11.6 Å². The molecule has 3 nitrogen and oxygen atoms in total. The van der Waals surface area contributed by atoms with Crippen LogP contribution in [0.15, 0.2) is 41.5 Å². The summed E-state index contributed by atoms with van der Waals surface area (Å²) in [6.45, 7) is 0. The Morgan fingerprint density at radius 3 is 2.35 bits per heavy atom. The van der Waals surface area contributed by atoms with Crippen LogP contribution in [-0.2, 0) is 4.79 Å². The van der Waals surface area contributed by atoms with Crippen LogP contribution in [0.4, 0.5) is 0 Å². The first-order chi connectivity index (χ1) is 9.68. The Balaban J connectivity index is 1.98. The lowest BCUT2D eigenvalue weighted by Crippen LogP contribution is -2.23. The van der Waals surface area contributed by atoms with E-state index in [1.807, 2.05) is 6.08 Å². The molecule has 2 aliphatic rings. The molecule has 0 atom stereocenters. The van der Waals surface area contributed by atoms with Gasteiger partial charge in [-0.25, -0.2) is 0 Å². The standard InChI is InChI=1S/C17H16O3/c18-15-12-7-3-4-8-13(12)16(19)17(20)14(15)10-9-11-5-1-2-6-11/h3-4,7-9,18H,1-2,5-6,10H2. The molecule has 2 aliphatic carbocycles. The molecule has 1 saturated carbocycles. The Kier molecular flexibility index (Phi) is 3.26. The predicted octanol–water partition coefficient (Wildman–Crippen LogP) is 3.61. The fourth-order valence-electron chi connectivity index (χ4n) is 2.89. The normalized spacial score (nSPS) is 18.5. The van der Waals surface area contributed by atoms with Gasteiger partial charge in [-0.3, -0.25) is 9.59 Å². The summed E-state index contributed by atoms with van der Waals surface area (Å²) in [7, 11) is 0. The Morgan fingerprint density at radius 2 is 1.65 bits per heavy atom. The highest BCUT2D eigenvalue weighted by Gasteiger charge is 2.31. The number of carbonyl (C=O) groups excluding carboxylic acids is 2. The third kappa shape index (κ3) is 2.09.